The topological polar surface area (TPSA) is 53.6 Å². The maximum atomic E-state index is 4.15. The highest BCUT2D eigenvalue weighted by molar-refractivity contribution is 5.61. The van der Waals surface area contributed by atoms with Crippen molar-refractivity contribution in [3.63, 3.8) is 0 Å². The standard InChI is InChI=1S/C15H22N4/c1-11(2)12(3)7-17-9-14-10-18-19-15(14)13-5-4-6-16-8-13/h4-6,8,10-12,17H,7,9H2,1-3H3,(H,18,19). The number of nitrogens with zero attached hydrogens (tertiary/aromatic N) is 2. The molecule has 0 bridgehead atoms. The smallest absolute Gasteiger partial charge is 0.0710 e. The molecular weight excluding hydrogens is 236 g/mol. The minimum absolute atomic E-state index is 0.675. The summed E-state index contributed by atoms with van der Waals surface area (Å²) in [6, 6.07) is 3.98. The summed E-state index contributed by atoms with van der Waals surface area (Å²) >= 11 is 0. The van der Waals surface area contributed by atoms with Crippen LogP contribution in [-0.4, -0.2) is 21.7 Å². The SMILES string of the molecule is CC(C)C(C)CNCc1cn[nH]c1-c1cccnc1. The van der Waals surface area contributed by atoms with Crippen LogP contribution < -0.4 is 5.32 Å². The Morgan fingerprint density at radius 2 is 2.11 bits per heavy atom. The molecule has 0 saturated heterocycles. The van der Waals surface area contributed by atoms with Gasteiger partial charge >= 0.3 is 0 Å². The van der Waals surface area contributed by atoms with E-state index in [1.807, 2.05) is 24.5 Å². The van der Waals surface area contributed by atoms with Gasteiger partial charge in [0.15, 0.2) is 0 Å². The Balaban J connectivity index is 1.97. The van der Waals surface area contributed by atoms with Crippen molar-refractivity contribution >= 4 is 0 Å². The number of nitrogens with one attached hydrogen (secondary N) is 2. The van der Waals surface area contributed by atoms with Crippen molar-refractivity contribution < 1.29 is 0 Å². The number of rotatable bonds is 6. The zero-order valence-electron chi connectivity index (χ0n) is 11.9. The van der Waals surface area contributed by atoms with Crippen molar-refractivity contribution in [2.24, 2.45) is 11.8 Å². The normalized spacial score (nSPS) is 12.8. The molecular formula is C15H22N4. The van der Waals surface area contributed by atoms with Crippen LogP contribution >= 0.6 is 0 Å². The monoisotopic (exact) mass is 258 g/mol. The molecule has 0 aliphatic carbocycles. The fourth-order valence-electron chi connectivity index (χ4n) is 1.88. The Kier molecular flexibility index (Phi) is 4.68. The second-order valence-electron chi connectivity index (χ2n) is 5.36. The van der Waals surface area contributed by atoms with Crippen molar-refractivity contribution in [3.05, 3.63) is 36.3 Å². The van der Waals surface area contributed by atoms with Crippen LogP contribution in [0, 0.1) is 11.8 Å². The van der Waals surface area contributed by atoms with Gasteiger partial charge in [-0.05, 0) is 30.5 Å². The largest absolute Gasteiger partial charge is 0.312 e. The maximum absolute atomic E-state index is 4.15. The van der Waals surface area contributed by atoms with E-state index in [0.717, 1.165) is 24.3 Å². The molecule has 0 aliphatic rings. The first-order valence-corrected chi connectivity index (χ1v) is 6.82. The first-order valence-electron chi connectivity index (χ1n) is 6.82. The summed E-state index contributed by atoms with van der Waals surface area (Å²) in [5.74, 6) is 1.38. The van der Waals surface area contributed by atoms with E-state index < -0.39 is 0 Å². The number of H-pyrrole nitrogens is 1. The Bertz CT molecular complexity index is 490. The number of aromatic nitrogens is 3. The predicted molar refractivity (Wildman–Crippen MR) is 77.5 cm³/mol. The molecule has 19 heavy (non-hydrogen) atoms. The molecule has 2 heterocycles. The lowest BCUT2D eigenvalue weighted by Gasteiger charge is -2.16. The number of hydrogen-bond donors (Lipinski definition) is 2. The van der Waals surface area contributed by atoms with Gasteiger partial charge in [-0.25, -0.2) is 0 Å². The van der Waals surface area contributed by atoms with Crippen LogP contribution in [0.2, 0.25) is 0 Å². The first kappa shape index (κ1) is 13.7. The summed E-state index contributed by atoms with van der Waals surface area (Å²) in [5.41, 5.74) is 3.32. The van der Waals surface area contributed by atoms with Gasteiger partial charge in [0.1, 0.15) is 0 Å². The fourth-order valence-corrected chi connectivity index (χ4v) is 1.88. The average molecular weight is 258 g/mol. The van der Waals surface area contributed by atoms with Crippen LogP contribution in [0.3, 0.4) is 0 Å². The Morgan fingerprint density at radius 1 is 1.26 bits per heavy atom. The van der Waals surface area contributed by atoms with Gasteiger partial charge < -0.3 is 5.32 Å². The van der Waals surface area contributed by atoms with E-state index in [1.54, 1.807) is 6.20 Å². The lowest BCUT2D eigenvalue weighted by molar-refractivity contribution is 0.392. The van der Waals surface area contributed by atoms with Gasteiger partial charge in [0, 0.05) is 30.1 Å². The van der Waals surface area contributed by atoms with Crippen LogP contribution in [-0.2, 0) is 6.54 Å². The average Bonchev–Trinajstić information content (AvgIpc) is 2.88. The molecule has 4 nitrogen and oxygen atoms in total. The first-order chi connectivity index (χ1) is 9.18. The van der Waals surface area contributed by atoms with Crippen molar-refractivity contribution in [1.82, 2.24) is 20.5 Å². The third-order valence-electron chi connectivity index (χ3n) is 3.59. The van der Waals surface area contributed by atoms with Gasteiger partial charge in [-0.1, -0.05) is 20.8 Å². The quantitative estimate of drug-likeness (QED) is 0.837. The highest BCUT2D eigenvalue weighted by atomic mass is 15.1. The molecule has 0 fully saturated rings. The molecule has 2 rings (SSSR count). The Morgan fingerprint density at radius 3 is 2.79 bits per heavy atom. The van der Waals surface area contributed by atoms with Crippen LogP contribution in [0.4, 0.5) is 0 Å². The zero-order chi connectivity index (χ0) is 13.7. The molecule has 102 valence electrons. The maximum Gasteiger partial charge on any atom is 0.0710 e. The minimum Gasteiger partial charge on any atom is -0.312 e. The van der Waals surface area contributed by atoms with Gasteiger partial charge in [-0.3, -0.25) is 10.1 Å². The number of hydrogen-bond acceptors (Lipinski definition) is 3. The third-order valence-corrected chi connectivity index (χ3v) is 3.59. The summed E-state index contributed by atoms with van der Waals surface area (Å²) in [7, 11) is 0. The third kappa shape index (κ3) is 3.64. The highest BCUT2D eigenvalue weighted by Crippen LogP contribution is 2.19. The molecule has 0 saturated carbocycles. The lowest BCUT2D eigenvalue weighted by atomic mass is 9.98. The van der Waals surface area contributed by atoms with Gasteiger partial charge in [-0.15, -0.1) is 0 Å². The molecule has 1 atom stereocenters. The predicted octanol–water partition coefficient (Wildman–Crippen LogP) is 2.85. The van der Waals surface area contributed by atoms with Crippen molar-refractivity contribution in [2.75, 3.05) is 6.54 Å². The lowest BCUT2D eigenvalue weighted by Crippen LogP contribution is -2.23. The summed E-state index contributed by atoms with van der Waals surface area (Å²) in [6.07, 6.45) is 5.52. The summed E-state index contributed by atoms with van der Waals surface area (Å²) in [4.78, 5) is 4.15. The van der Waals surface area contributed by atoms with Crippen LogP contribution in [0.5, 0.6) is 0 Å². The van der Waals surface area contributed by atoms with E-state index in [0.29, 0.717) is 11.8 Å². The molecule has 0 amide bonds. The van der Waals surface area contributed by atoms with E-state index in [1.165, 1.54) is 5.56 Å². The molecule has 2 aromatic heterocycles. The molecule has 0 spiro atoms. The highest BCUT2D eigenvalue weighted by Gasteiger charge is 2.09. The molecule has 0 radical (unpaired) electrons. The minimum atomic E-state index is 0.675. The van der Waals surface area contributed by atoms with Crippen molar-refractivity contribution in [3.8, 4) is 11.3 Å². The summed E-state index contributed by atoms with van der Waals surface area (Å²) in [6.45, 7) is 8.64. The van der Waals surface area contributed by atoms with Crippen LogP contribution in [0.1, 0.15) is 26.3 Å². The summed E-state index contributed by atoms with van der Waals surface area (Å²) in [5, 5.41) is 10.7. The number of pyridine rings is 1. The Labute approximate surface area is 114 Å². The molecule has 4 heteroatoms. The molecule has 1 unspecified atom stereocenters. The van der Waals surface area contributed by atoms with Gasteiger partial charge in [0.05, 0.1) is 11.9 Å². The molecule has 2 N–H and O–H groups in total. The molecule has 0 aliphatic heterocycles. The van der Waals surface area contributed by atoms with E-state index >= 15 is 0 Å². The second-order valence-corrected chi connectivity index (χ2v) is 5.36. The van der Waals surface area contributed by atoms with E-state index in [4.69, 9.17) is 0 Å². The van der Waals surface area contributed by atoms with E-state index in [9.17, 15) is 0 Å². The van der Waals surface area contributed by atoms with Crippen molar-refractivity contribution in [1.29, 1.82) is 0 Å². The number of aromatic amines is 1. The molecule has 0 aromatic carbocycles. The van der Waals surface area contributed by atoms with Crippen LogP contribution in [0.25, 0.3) is 11.3 Å². The Hall–Kier alpha value is -1.68. The molecule has 2 aromatic rings. The zero-order valence-corrected chi connectivity index (χ0v) is 11.9. The van der Waals surface area contributed by atoms with Crippen molar-refractivity contribution in [2.45, 2.75) is 27.3 Å². The van der Waals surface area contributed by atoms with Crippen LogP contribution in [0.15, 0.2) is 30.7 Å². The summed E-state index contributed by atoms with van der Waals surface area (Å²) < 4.78 is 0. The van der Waals surface area contributed by atoms with E-state index in [2.05, 4.69) is 41.3 Å². The fraction of sp³-hybridized carbons (Fsp3) is 0.467. The second kappa shape index (κ2) is 6.48. The van der Waals surface area contributed by atoms with E-state index in [-0.39, 0.29) is 0 Å². The van der Waals surface area contributed by atoms with Gasteiger partial charge in [0.25, 0.3) is 0 Å². The van der Waals surface area contributed by atoms with Gasteiger partial charge in [-0.2, -0.15) is 5.10 Å². The van der Waals surface area contributed by atoms with Gasteiger partial charge in [0.2, 0.25) is 0 Å².